The lowest BCUT2D eigenvalue weighted by atomic mass is 9.33. The quantitative estimate of drug-likeness (QED) is 0.218. The van der Waals surface area contributed by atoms with Crippen LogP contribution in [-0.2, 0) is 4.79 Å². The number of methoxy groups -OCH3 is 1. The Morgan fingerprint density at radius 2 is 1.72 bits per heavy atom. The van der Waals surface area contributed by atoms with Crippen LogP contribution in [-0.4, -0.2) is 66.4 Å². The first-order valence-corrected chi connectivity index (χ1v) is 24.4. The molecular formula is C54H77N3O4. The minimum atomic E-state index is -0.996. The Kier molecular flexibility index (Phi) is 11.2. The highest BCUT2D eigenvalue weighted by Gasteiger charge is 2.70. The van der Waals surface area contributed by atoms with Crippen LogP contribution >= 0.6 is 0 Å². The SMILES string of the molecule is C=C(C)[C@@H]1CC[C@]2(NCCN3CCCCC3)CC[C@]3(C)[C@H](CC[C@@H]4[C@@]5(C)CC=C(C6=CCC(COc7nccc8ccc(OC)cc78)(C(=O)O)CC6)C(C)(C)[C@@H]5CC[C@]43C)[C@@H]12. The predicted octanol–water partition coefficient (Wildman–Crippen LogP) is 11.8. The molecule has 0 radical (unpaired) electrons. The third-order valence-electron chi connectivity index (χ3n) is 19.8. The van der Waals surface area contributed by atoms with Gasteiger partial charge >= 0.3 is 5.97 Å². The van der Waals surface area contributed by atoms with E-state index < -0.39 is 11.4 Å². The van der Waals surface area contributed by atoms with E-state index in [-0.39, 0.29) is 23.0 Å². The molecule has 0 amide bonds. The van der Waals surface area contributed by atoms with Gasteiger partial charge in [0, 0.05) is 30.2 Å². The zero-order chi connectivity index (χ0) is 43.0. The van der Waals surface area contributed by atoms with E-state index in [1.54, 1.807) is 13.3 Å². The van der Waals surface area contributed by atoms with Gasteiger partial charge in [-0.05, 0) is 196 Å². The van der Waals surface area contributed by atoms with Gasteiger partial charge in [0.15, 0.2) is 0 Å². The number of piperidine rings is 1. The van der Waals surface area contributed by atoms with Crippen molar-refractivity contribution in [3.8, 4) is 11.6 Å². The minimum absolute atomic E-state index is 0.0140. The molecule has 1 aromatic heterocycles. The number of likely N-dealkylation sites (tertiary alicyclic amines) is 1. The fourth-order valence-corrected chi connectivity index (χ4v) is 16.3. The Morgan fingerprint density at radius 1 is 0.918 bits per heavy atom. The lowest BCUT2D eigenvalue weighted by Crippen LogP contribution is -2.68. The van der Waals surface area contributed by atoms with Gasteiger partial charge in [0.25, 0.3) is 0 Å². The fourth-order valence-electron chi connectivity index (χ4n) is 16.3. The number of carboxylic acid groups (broad SMARTS) is 1. The summed E-state index contributed by atoms with van der Waals surface area (Å²) < 4.78 is 11.8. The fraction of sp³-hybridized carbons (Fsp3) is 0.704. The van der Waals surface area contributed by atoms with Crippen LogP contribution in [0.3, 0.4) is 0 Å². The van der Waals surface area contributed by atoms with Gasteiger partial charge in [0.2, 0.25) is 5.88 Å². The zero-order valence-corrected chi connectivity index (χ0v) is 38.8. The van der Waals surface area contributed by atoms with Gasteiger partial charge in [-0.25, -0.2) is 4.98 Å². The van der Waals surface area contributed by atoms with Crippen molar-refractivity contribution in [2.45, 2.75) is 143 Å². The zero-order valence-electron chi connectivity index (χ0n) is 38.8. The van der Waals surface area contributed by atoms with Crippen LogP contribution in [0.25, 0.3) is 10.8 Å². The van der Waals surface area contributed by atoms with Crippen molar-refractivity contribution in [3.05, 3.63) is 65.9 Å². The van der Waals surface area contributed by atoms with Crippen molar-refractivity contribution in [2.24, 2.45) is 56.7 Å². The molecule has 5 fully saturated rings. The molecular weight excluding hydrogens is 755 g/mol. The van der Waals surface area contributed by atoms with Crippen LogP contribution in [0, 0.1) is 56.7 Å². The molecule has 4 saturated carbocycles. The monoisotopic (exact) mass is 832 g/mol. The van der Waals surface area contributed by atoms with Gasteiger partial charge in [-0.3, -0.25) is 4.79 Å². The number of aliphatic carboxylic acids is 1. The van der Waals surface area contributed by atoms with Gasteiger partial charge in [-0.2, -0.15) is 0 Å². The van der Waals surface area contributed by atoms with E-state index >= 15 is 0 Å². The third-order valence-corrected chi connectivity index (χ3v) is 19.8. The van der Waals surface area contributed by atoms with E-state index in [4.69, 9.17) is 9.47 Å². The summed E-state index contributed by atoms with van der Waals surface area (Å²) in [5, 5.41) is 16.9. The lowest BCUT2D eigenvalue weighted by Gasteiger charge is -2.72. The van der Waals surface area contributed by atoms with E-state index in [1.807, 2.05) is 24.3 Å². The average molecular weight is 832 g/mol. The van der Waals surface area contributed by atoms with Crippen LogP contribution in [0.5, 0.6) is 11.6 Å². The first kappa shape index (κ1) is 43.1. The number of fused-ring (bicyclic) bond motifs is 8. The van der Waals surface area contributed by atoms with Crippen molar-refractivity contribution < 1.29 is 19.4 Å². The Morgan fingerprint density at radius 3 is 2.44 bits per heavy atom. The van der Waals surface area contributed by atoms with Gasteiger partial charge in [0.05, 0.1) is 7.11 Å². The van der Waals surface area contributed by atoms with Crippen LogP contribution in [0.15, 0.2) is 65.9 Å². The maximum atomic E-state index is 13.1. The second-order valence-corrected chi connectivity index (χ2v) is 22.7. The summed E-state index contributed by atoms with van der Waals surface area (Å²) in [5.41, 5.74) is 4.41. The number of hydrogen-bond acceptors (Lipinski definition) is 6. The first-order valence-electron chi connectivity index (χ1n) is 24.4. The Hall–Kier alpha value is -3.16. The number of ether oxygens (including phenoxy) is 2. The van der Waals surface area contributed by atoms with Gasteiger partial charge < -0.3 is 24.8 Å². The maximum absolute atomic E-state index is 13.1. The molecule has 7 heteroatoms. The number of hydrogen-bond donors (Lipinski definition) is 2. The highest BCUT2D eigenvalue weighted by Crippen LogP contribution is 2.76. The molecule has 61 heavy (non-hydrogen) atoms. The van der Waals surface area contributed by atoms with Gasteiger partial charge in [0.1, 0.15) is 17.8 Å². The van der Waals surface area contributed by atoms with Crippen molar-refractivity contribution in [1.82, 2.24) is 15.2 Å². The molecule has 1 unspecified atom stereocenters. The maximum Gasteiger partial charge on any atom is 0.313 e. The van der Waals surface area contributed by atoms with E-state index in [1.165, 1.54) is 107 Å². The first-order chi connectivity index (χ1) is 29.1. The molecule has 2 aromatic rings. The second kappa shape index (κ2) is 15.8. The molecule has 2 N–H and O–H groups in total. The molecule has 2 heterocycles. The second-order valence-electron chi connectivity index (χ2n) is 22.7. The summed E-state index contributed by atoms with van der Waals surface area (Å²) in [6.07, 6.45) is 24.2. The number of carboxylic acids is 1. The molecule has 1 aliphatic heterocycles. The molecule has 10 atom stereocenters. The largest absolute Gasteiger partial charge is 0.497 e. The van der Waals surface area contributed by atoms with Crippen molar-refractivity contribution in [3.63, 3.8) is 0 Å². The van der Waals surface area contributed by atoms with E-state index in [2.05, 4.69) is 75.5 Å². The lowest BCUT2D eigenvalue weighted by molar-refractivity contribution is -0.221. The summed E-state index contributed by atoms with van der Waals surface area (Å²) in [6, 6.07) is 7.76. The molecule has 9 rings (SSSR count). The molecule has 7 nitrogen and oxygen atoms in total. The Bertz CT molecular complexity index is 2080. The molecule has 1 saturated heterocycles. The molecule has 6 aliphatic carbocycles. The molecule has 0 bridgehead atoms. The van der Waals surface area contributed by atoms with E-state index in [9.17, 15) is 9.90 Å². The summed E-state index contributed by atoms with van der Waals surface area (Å²) in [6.45, 7) is 25.3. The van der Waals surface area contributed by atoms with E-state index in [0.29, 0.717) is 53.2 Å². The number of allylic oxidation sites excluding steroid dienone is 5. The normalized spacial score (nSPS) is 39.5. The summed E-state index contributed by atoms with van der Waals surface area (Å²) in [7, 11) is 1.65. The van der Waals surface area contributed by atoms with Crippen LogP contribution in [0.4, 0.5) is 0 Å². The molecule has 7 aliphatic rings. The smallest absolute Gasteiger partial charge is 0.313 e. The highest BCUT2D eigenvalue weighted by molar-refractivity contribution is 5.88. The number of nitrogens with zero attached hydrogens (tertiary/aromatic N) is 2. The highest BCUT2D eigenvalue weighted by atomic mass is 16.5. The van der Waals surface area contributed by atoms with Crippen molar-refractivity contribution >= 4 is 16.7 Å². The van der Waals surface area contributed by atoms with Crippen LogP contribution in [0.2, 0.25) is 0 Å². The van der Waals surface area contributed by atoms with Crippen LogP contribution in [0.1, 0.15) is 138 Å². The number of carbonyl (C=O) groups is 1. The Labute approximate surface area is 367 Å². The summed E-state index contributed by atoms with van der Waals surface area (Å²) in [4.78, 5) is 20.3. The number of aromatic nitrogens is 1. The number of pyridine rings is 1. The minimum Gasteiger partial charge on any atom is -0.497 e. The average Bonchev–Trinajstić information content (AvgIpc) is 3.63. The molecule has 332 valence electrons. The van der Waals surface area contributed by atoms with Gasteiger partial charge in [-0.15, -0.1) is 0 Å². The number of benzene rings is 1. The van der Waals surface area contributed by atoms with E-state index in [0.717, 1.165) is 41.8 Å². The number of rotatable bonds is 11. The molecule has 1 aromatic carbocycles. The van der Waals surface area contributed by atoms with Crippen molar-refractivity contribution in [2.75, 3.05) is 39.9 Å². The third kappa shape index (κ3) is 6.86. The standard InChI is InChI=1S/C54H77N3O4/c1-36(2)40-18-26-54(56-30-33-57-31-10-9-11-32-57)28-27-51(6)43(46(40)54)14-15-45-50(5)22-19-42(49(3,4)44(50)20-23-52(45,51)7)38-16-24-53(25-17-38,48(58)59)35-61-47-41-34-39(60-8)13-12-37(41)21-29-55-47/h12-13,16,19,21,29,34,40,43-46,56H,1,9-11,14-15,17-18,20,22-28,30-33,35H2,2-8H3,(H,58,59)/t40-,43+,44-,45+,46+,50-,51+,52+,53?,54-/m0/s1. The Balaban J connectivity index is 0.936. The summed E-state index contributed by atoms with van der Waals surface area (Å²) in [5.74, 6) is 3.74. The topological polar surface area (TPSA) is 83.9 Å². The number of nitrogens with one attached hydrogen (secondary N) is 1. The summed E-state index contributed by atoms with van der Waals surface area (Å²) >= 11 is 0. The van der Waals surface area contributed by atoms with Gasteiger partial charge in [-0.1, -0.05) is 71.4 Å². The molecule has 0 spiro atoms. The predicted molar refractivity (Wildman–Crippen MR) is 247 cm³/mol. The van der Waals surface area contributed by atoms with Crippen molar-refractivity contribution in [1.29, 1.82) is 0 Å². The van der Waals surface area contributed by atoms with Crippen LogP contribution < -0.4 is 14.8 Å².